The van der Waals surface area contributed by atoms with E-state index < -0.39 is 0 Å². The molecule has 0 fully saturated rings. The molecule has 0 amide bonds. The Hall–Kier alpha value is -4.98. The minimum Gasteiger partial charge on any atom is -0.287 e. The summed E-state index contributed by atoms with van der Waals surface area (Å²) in [6, 6.07) is 20.8. The van der Waals surface area contributed by atoms with Crippen molar-refractivity contribution in [2.24, 2.45) is 4.99 Å². The Labute approximate surface area is 208 Å². The molecule has 0 unspecified atom stereocenters. The smallest absolute Gasteiger partial charge is 0.199 e. The molecule has 8 heteroatoms. The summed E-state index contributed by atoms with van der Waals surface area (Å²) >= 11 is 0. The first-order valence-corrected chi connectivity index (χ1v) is 11.4. The van der Waals surface area contributed by atoms with Gasteiger partial charge in [0.2, 0.25) is 0 Å². The second kappa shape index (κ2) is 11.0. The molecule has 0 aliphatic carbocycles. The van der Waals surface area contributed by atoms with E-state index in [0.717, 1.165) is 22.8 Å². The van der Waals surface area contributed by atoms with Crippen molar-refractivity contribution in [1.29, 1.82) is 0 Å². The molecular formula is C28H22N8. The minimum absolute atomic E-state index is 0.371. The molecule has 8 nitrogen and oxygen atoms in total. The van der Waals surface area contributed by atoms with E-state index in [0.29, 0.717) is 35.3 Å². The Morgan fingerprint density at radius 1 is 0.611 bits per heavy atom. The molecule has 0 saturated carbocycles. The van der Waals surface area contributed by atoms with E-state index in [4.69, 9.17) is 19.9 Å². The maximum atomic E-state index is 4.79. The van der Waals surface area contributed by atoms with E-state index in [-0.39, 0.29) is 0 Å². The number of aliphatic imine (C=N–C) groups is 1. The number of hydrogen-bond donors (Lipinski definition) is 0. The summed E-state index contributed by atoms with van der Waals surface area (Å²) in [6.45, 7) is 2.33. The number of pyridine rings is 3. The largest absolute Gasteiger partial charge is 0.287 e. The summed E-state index contributed by atoms with van der Waals surface area (Å²) < 4.78 is 0. The summed E-state index contributed by atoms with van der Waals surface area (Å²) in [6.07, 6.45) is 10.7. The van der Waals surface area contributed by atoms with E-state index in [1.165, 1.54) is 0 Å². The second-order valence-corrected chi connectivity index (χ2v) is 7.69. The van der Waals surface area contributed by atoms with Crippen molar-refractivity contribution in [3.8, 4) is 45.8 Å². The molecule has 0 aromatic carbocycles. The third-order valence-corrected chi connectivity index (χ3v) is 5.12. The molecule has 0 saturated heterocycles. The maximum Gasteiger partial charge on any atom is 0.199 e. The first-order chi connectivity index (χ1) is 17.8. The van der Waals surface area contributed by atoms with Crippen molar-refractivity contribution >= 4 is 6.21 Å². The highest BCUT2D eigenvalue weighted by molar-refractivity contribution is 5.71. The van der Waals surface area contributed by atoms with Gasteiger partial charge in [0, 0.05) is 24.8 Å². The third kappa shape index (κ3) is 5.39. The molecule has 36 heavy (non-hydrogen) atoms. The van der Waals surface area contributed by atoms with Crippen LogP contribution in [0.5, 0.6) is 0 Å². The molecule has 0 spiro atoms. The first-order valence-electron chi connectivity index (χ1n) is 11.4. The topological polar surface area (TPSA) is 103 Å². The summed E-state index contributed by atoms with van der Waals surface area (Å²) in [5.41, 5.74) is 4.87. The highest BCUT2D eigenvalue weighted by Crippen LogP contribution is 2.26. The van der Waals surface area contributed by atoms with Crippen molar-refractivity contribution < 1.29 is 0 Å². The van der Waals surface area contributed by atoms with Gasteiger partial charge in [0.25, 0.3) is 0 Å². The molecule has 0 bridgehead atoms. The maximum absolute atomic E-state index is 4.79. The highest BCUT2D eigenvalue weighted by Gasteiger charge is 2.16. The number of nitrogens with zero attached hydrogens (tertiary/aromatic N) is 8. The van der Waals surface area contributed by atoms with Crippen molar-refractivity contribution in [3.05, 3.63) is 103 Å². The molecule has 174 valence electrons. The summed E-state index contributed by atoms with van der Waals surface area (Å²) in [4.78, 5) is 37.0. The van der Waals surface area contributed by atoms with E-state index in [9.17, 15) is 0 Å². The van der Waals surface area contributed by atoms with Crippen molar-refractivity contribution in [1.82, 2.24) is 34.9 Å². The SMILES string of the molecule is C/C=C\C=NCc1cc(-c2ccccn2)nc(-c2nc(-c3ccccn3)cc(-c3ccccn3)n2)n1. The van der Waals surface area contributed by atoms with Crippen LogP contribution in [0.25, 0.3) is 45.8 Å². The molecular weight excluding hydrogens is 448 g/mol. The minimum atomic E-state index is 0.371. The van der Waals surface area contributed by atoms with Crippen LogP contribution in [0.4, 0.5) is 0 Å². The Morgan fingerprint density at radius 2 is 1.11 bits per heavy atom. The zero-order valence-corrected chi connectivity index (χ0v) is 19.6. The van der Waals surface area contributed by atoms with Gasteiger partial charge in [-0.1, -0.05) is 24.3 Å². The van der Waals surface area contributed by atoms with Gasteiger partial charge in [-0.15, -0.1) is 0 Å². The fourth-order valence-corrected chi connectivity index (χ4v) is 3.46. The average Bonchev–Trinajstić information content (AvgIpc) is 2.96. The number of allylic oxidation sites excluding steroid dienone is 2. The van der Waals surface area contributed by atoms with Crippen LogP contribution in [0.1, 0.15) is 12.6 Å². The molecule has 0 radical (unpaired) electrons. The molecule has 0 atom stereocenters. The van der Waals surface area contributed by atoms with Crippen LogP contribution in [-0.2, 0) is 6.54 Å². The van der Waals surface area contributed by atoms with Crippen LogP contribution in [0.3, 0.4) is 0 Å². The lowest BCUT2D eigenvalue weighted by Gasteiger charge is -2.09. The monoisotopic (exact) mass is 470 g/mol. The molecule has 0 aliphatic rings. The number of hydrogen-bond acceptors (Lipinski definition) is 8. The molecule has 5 rings (SSSR count). The quantitative estimate of drug-likeness (QED) is 0.299. The van der Waals surface area contributed by atoms with E-state index in [2.05, 4.69) is 19.9 Å². The zero-order valence-electron chi connectivity index (χ0n) is 19.6. The molecule has 0 N–H and O–H groups in total. The lowest BCUT2D eigenvalue weighted by molar-refractivity contribution is 0.960. The van der Waals surface area contributed by atoms with Crippen LogP contribution < -0.4 is 0 Å². The summed E-state index contributed by atoms with van der Waals surface area (Å²) in [5.74, 6) is 0.750. The van der Waals surface area contributed by atoms with Gasteiger partial charge in [-0.2, -0.15) is 0 Å². The Balaban J connectivity index is 1.67. The fraction of sp³-hybridized carbons (Fsp3) is 0.0714. The van der Waals surface area contributed by atoms with Crippen molar-refractivity contribution in [2.45, 2.75) is 13.5 Å². The Kier molecular flexibility index (Phi) is 6.94. The molecule has 5 aromatic rings. The number of aromatic nitrogens is 7. The first kappa shape index (κ1) is 22.8. The highest BCUT2D eigenvalue weighted by atomic mass is 15.0. The van der Waals surface area contributed by atoms with Crippen LogP contribution in [-0.4, -0.2) is 41.1 Å². The summed E-state index contributed by atoms with van der Waals surface area (Å²) in [7, 11) is 0. The lowest BCUT2D eigenvalue weighted by atomic mass is 10.2. The second-order valence-electron chi connectivity index (χ2n) is 7.69. The van der Waals surface area contributed by atoms with Gasteiger partial charge < -0.3 is 0 Å². The van der Waals surface area contributed by atoms with Crippen LogP contribution in [0.2, 0.25) is 0 Å². The van der Waals surface area contributed by atoms with Crippen molar-refractivity contribution in [3.63, 3.8) is 0 Å². The molecule has 0 aliphatic heterocycles. The zero-order chi connectivity index (χ0) is 24.6. The predicted molar refractivity (Wildman–Crippen MR) is 140 cm³/mol. The van der Waals surface area contributed by atoms with E-state index in [1.807, 2.05) is 85.8 Å². The molecule has 5 aromatic heterocycles. The summed E-state index contributed by atoms with van der Waals surface area (Å²) in [5, 5.41) is 0. The van der Waals surface area contributed by atoms with Crippen molar-refractivity contribution in [2.75, 3.05) is 0 Å². The van der Waals surface area contributed by atoms with Gasteiger partial charge in [-0.05, 0) is 61.5 Å². The standard InChI is InChI=1S/C28H22N8/c1-2-3-13-29-19-20-17-24(21-10-4-7-14-30-21)34-27(33-20)28-35-25(22-11-5-8-15-31-22)18-26(36-28)23-12-6-9-16-32-23/h2-18H,19H2,1H3/b3-2-,29-13?. The fourth-order valence-electron chi connectivity index (χ4n) is 3.46. The van der Waals surface area contributed by atoms with Gasteiger partial charge in [0.1, 0.15) is 0 Å². The third-order valence-electron chi connectivity index (χ3n) is 5.12. The normalized spacial score (nSPS) is 11.4. The van der Waals surface area contributed by atoms with Crippen LogP contribution in [0, 0.1) is 0 Å². The van der Waals surface area contributed by atoms with Gasteiger partial charge in [-0.25, -0.2) is 19.9 Å². The van der Waals surface area contributed by atoms with Gasteiger partial charge >= 0.3 is 0 Å². The van der Waals surface area contributed by atoms with E-state index >= 15 is 0 Å². The van der Waals surface area contributed by atoms with Gasteiger partial charge in [0.15, 0.2) is 11.6 Å². The number of rotatable bonds is 7. The average molecular weight is 471 g/mol. The molecule has 5 heterocycles. The predicted octanol–water partition coefficient (Wildman–Crippen LogP) is 5.27. The van der Waals surface area contributed by atoms with Gasteiger partial charge in [0.05, 0.1) is 46.4 Å². The van der Waals surface area contributed by atoms with Gasteiger partial charge in [-0.3, -0.25) is 19.9 Å². The van der Waals surface area contributed by atoms with Crippen LogP contribution in [0.15, 0.2) is 102 Å². The Bertz CT molecular complexity index is 1440. The Morgan fingerprint density at radius 3 is 1.58 bits per heavy atom. The van der Waals surface area contributed by atoms with E-state index in [1.54, 1.807) is 24.8 Å². The lowest BCUT2D eigenvalue weighted by Crippen LogP contribution is -2.04. The van der Waals surface area contributed by atoms with Crippen LogP contribution >= 0.6 is 0 Å².